The highest BCUT2D eigenvalue weighted by molar-refractivity contribution is 5.79. The lowest BCUT2D eigenvalue weighted by molar-refractivity contribution is 0.106. The Kier molecular flexibility index (Phi) is 5.87. The van der Waals surface area contributed by atoms with Gasteiger partial charge in [-0.3, -0.25) is 0 Å². The van der Waals surface area contributed by atoms with E-state index in [1.807, 2.05) is 26.8 Å². The molecule has 0 bridgehead atoms. The number of hydrogen-bond acceptors (Lipinski definition) is 5. The Morgan fingerprint density at radius 2 is 2.00 bits per heavy atom. The zero-order valence-corrected chi connectivity index (χ0v) is 15.5. The first-order valence-corrected chi connectivity index (χ1v) is 8.44. The second-order valence-electron chi connectivity index (χ2n) is 7.00. The highest BCUT2D eigenvalue weighted by Crippen LogP contribution is 2.29. The Hall–Kier alpha value is -3.02. The van der Waals surface area contributed by atoms with Gasteiger partial charge in [0, 0.05) is 41.3 Å². The molecule has 0 atom stereocenters. The van der Waals surface area contributed by atoms with Crippen molar-refractivity contribution in [3.63, 3.8) is 0 Å². The minimum Gasteiger partial charge on any atom is -0.399 e. The molecule has 0 aliphatic heterocycles. The summed E-state index contributed by atoms with van der Waals surface area (Å²) in [4.78, 5) is 18.4. The van der Waals surface area contributed by atoms with Crippen LogP contribution in [-0.2, 0) is 0 Å². The number of rotatable bonds is 5. The largest absolute Gasteiger partial charge is 0.417 e. The summed E-state index contributed by atoms with van der Waals surface area (Å²) < 4.78 is 5.50. The Bertz CT molecular complexity index is 797. The molecule has 0 radical (unpaired) electrons. The van der Waals surface area contributed by atoms with Crippen molar-refractivity contribution >= 4 is 17.5 Å². The fraction of sp³-hybridized carbons (Fsp3) is 0.300. The van der Waals surface area contributed by atoms with Crippen molar-refractivity contribution in [2.24, 2.45) is 0 Å². The van der Waals surface area contributed by atoms with Crippen LogP contribution in [0.1, 0.15) is 27.2 Å². The van der Waals surface area contributed by atoms with E-state index in [9.17, 15) is 4.79 Å². The molecule has 2 rings (SSSR count). The van der Waals surface area contributed by atoms with Crippen molar-refractivity contribution in [2.75, 3.05) is 18.0 Å². The maximum absolute atomic E-state index is 12.6. The molecule has 1 amide bonds. The summed E-state index contributed by atoms with van der Waals surface area (Å²) in [5.41, 5.74) is 14.2. The predicted molar refractivity (Wildman–Crippen MR) is 106 cm³/mol. The van der Waals surface area contributed by atoms with E-state index in [1.54, 1.807) is 41.4 Å². The Balaban J connectivity index is 2.24. The maximum atomic E-state index is 12.6. The van der Waals surface area contributed by atoms with Crippen molar-refractivity contribution in [3.05, 3.63) is 49.2 Å². The zero-order chi connectivity index (χ0) is 19.3. The van der Waals surface area contributed by atoms with Gasteiger partial charge < -0.3 is 21.1 Å². The normalized spacial score (nSPS) is 11.0. The molecular weight excluding hydrogens is 328 g/mol. The molecule has 4 N–H and O–H groups in total. The number of benzene rings is 1. The molecule has 0 spiro atoms. The fourth-order valence-electron chi connectivity index (χ4n) is 2.54. The number of nitrogens with two attached hydrogens (primary N) is 2. The van der Waals surface area contributed by atoms with Gasteiger partial charge in [-0.2, -0.15) is 0 Å². The van der Waals surface area contributed by atoms with Crippen molar-refractivity contribution < 1.29 is 9.53 Å². The second-order valence-corrected chi connectivity index (χ2v) is 7.00. The summed E-state index contributed by atoms with van der Waals surface area (Å²) in [5, 5.41) is 0. The number of nitrogen functional groups attached to an aromatic ring is 2. The Labute approximate surface area is 154 Å². The van der Waals surface area contributed by atoms with E-state index >= 15 is 0 Å². The van der Waals surface area contributed by atoms with Gasteiger partial charge in [-0.25, -0.2) is 9.78 Å². The van der Waals surface area contributed by atoms with E-state index in [2.05, 4.69) is 11.6 Å². The first-order chi connectivity index (χ1) is 12.2. The predicted octanol–water partition coefficient (Wildman–Crippen LogP) is 4.09. The third kappa shape index (κ3) is 4.75. The molecular formula is C20H26N4O2. The molecule has 1 aromatic carbocycles. The van der Waals surface area contributed by atoms with Crippen LogP contribution in [0, 0.1) is 0 Å². The van der Waals surface area contributed by atoms with E-state index in [4.69, 9.17) is 16.2 Å². The number of carbonyl (C=O) groups is 1. The van der Waals surface area contributed by atoms with Gasteiger partial charge in [0.25, 0.3) is 0 Å². The van der Waals surface area contributed by atoms with E-state index in [-0.39, 0.29) is 11.4 Å². The van der Waals surface area contributed by atoms with Crippen LogP contribution in [0.3, 0.4) is 0 Å². The average molecular weight is 354 g/mol. The van der Waals surface area contributed by atoms with Gasteiger partial charge in [-0.1, -0.05) is 12.1 Å². The Morgan fingerprint density at radius 3 is 2.62 bits per heavy atom. The van der Waals surface area contributed by atoms with Crippen LogP contribution in [0.25, 0.3) is 11.1 Å². The van der Waals surface area contributed by atoms with Gasteiger partial charge in [0.15, 0.2) is 0 Å². The molecule has 0 aliphatic carbocycles. The van der Waals surface area contributed by atoms with E-state index in [0.717, 1.165) is 11.1 Å². The quantitative estimate of drug-likeness (QED) is 0.623. The first kappa shape index (κ1) is 19.3. The average Bonchev–Trinajstić information content (AvgIpc) is 2.54. The molecule has 0 aliphatic rings. The summed E-state index contributed by atoms with van der Waals surface area (Å²) in [6.45, 7) is 10.1. The van der Waals surface area contributed by atoms with Crippen LogP contribution in [0.5, 0.6) is 5.88 Å². The first-order valence-electron chi connectivity index (χ1n) is 8.44. The third-order valence-corrected chi connectivity index (χ3v) is 3.90. The smallest absolute Gasteiger partial charge is 0.399 e. The number of pyridine rings is 1. The van der Waals surface area contributed by atoms with Crippen molar-refractivity contribution in [2.45, 2.75) is 32.7 Å². The van der Waals surface area contributed by atoms with Gasteiger partial charge in [-0.05, 0) is 51.0 Å². The summed E-state index contributed by atoms with van der Waals surface area (Å²) in [5.74, 6) is 0.219. The number of ether oxygens (including phenoxy) is 1. The molecule has 26 heavy (non-hydrogen) atoms. The van der Waals surface area contributed by atoms with Crippen molar-refractivity contribution in [1.29, 1.82) is 0 Å². The second kappa shape index (κ2) is 7.91. The maximum Gasteiger partial charge on any atom is 0.417 e. The van der Waals surface area contributed by atoms with E-state index < -0.39 is 6.09 Å². The van der Waals surface area contributed by atoms with Crippen molar-refractivity contribution in [1.82, 2.24) is 9.88 Å². The van der Waals surface area contributed by atoms with Crippen LogP contribution in [0.4, 0.5) is 16.2 Å². The molecule has 1 heterocycles. The van der Waals surface area contributed by atoms with Crippen molar-refractivity contribution in [3.8, 4) is 17.0 Å². The van der Waals surface area contributed by atoms with Crippen LogP contribution in [0.2, 0.25) is 0 Å². The number of aromatic nitrogens is 1. The molecule has 0 unspecified atom stereocenters. The van der Waals surface area contributed by atoms with Crippen LogP contribution in [0.15, 0.2) is 49.2 Å². The van der Waals surface area contributed by atoms with Crippen LogP contribution < -0.4 is 16.2 Å². The monoisotopic (exact) mass is 354 g/mol. The molecule has 1 aromatic heterocycles. The third-order valence-electron chi connectivity index (χ3n) is 3.90. The van der Waals surface area contributed by atoms with Gasteiger partial charge >= 0.3 is 6.09 Å². The lowest BCUT2D eigenvalue weighted by Crippen LogP contribution is -2.47. The van der Waals surface area contributed by atoms with Gasteiger partial charge in [0.1, 0.15) is 0 Å². The topological polar surface area (TPSA) is 94.5 Å². The lowest BCUT2D eigenvalue weighted by Gasteiger charge is -2.34. The molecule has 0 fully saturated rings. The standard InChI is InChI=1S/C20H26N4O2/c1-5-6-11-24(20(2,3)4)19(25)26-18-12-14(9-10-23-18)16-8-7-15(21)13-17(16)22/h5,7-10,12-13H,1,6,11,21-22H2,2-4H3. The van der Waals surface area contributed by atoms with Crippen LogP contribution in [-0.4, -0.2) is 28.1 Å². The lowest BCUT2D eigenvalue weighted by atomic mass is 10.0. The molecule has 0 saturated heterocycles. The molecule has 6 nitrogen and oxygen atoms in total. The summed E-state index contributed by atoms with van der Waals surface area (Å²) >= 11 is 0. The minimum atomic E-state index is -0.450. The van der Waals surface area contributed by atoms with E-state index in [0.29, 0.717) is 24.3 Å². The summed E-state index contributed by atoms with van der Waals surface area (Å²) in [6, 6.07) is 8.79. The number of amides is 1. The molecule has 138 valence electrons. The SMILES string of the molecule is C=CCCN(C(=O)Oc1cc(-c2ccc(N)cc2N)ccn1)C(C)(C)C. The highest BCUT2D eigenvalue weighted by atomic mass is 16.6. The van der Waals surface area contributed by atoms with Gasteiger partial charge in [-0.15, -0.1) is 6.58 Å². The summed E-state index contributed by atoms with van der Waals surface area (Å²) in [6.07, 6.45) is 3.59. The minimum absolute atomic E-state index is 0.219. The Morgan fingerprint density at radius 1 is 1.27 bits per heavy atom. The van der Waals surface area contributed by atoms with Crippen LogP contribution >= 0.6 is 0 Å². The fourth-order valence-corrected chi connectivity index (χ4v) is 2.54. The zero-order valence-electron chi connectivity index (χ0n) is 15.5. The number of nitrogens with zero attached hydrogens (tertiary/aromatic N) is 2. The van der Waals surface area contributed by atoms with Gasteiger partial charge in [0.05, 0.1) is 0 Å². The highest BCUT2D eigenvalue weighted by Gasteiger charge is 2.27. The summed E-state index contributed by atoms with van der Waals surface area (Å²) in [7, 11) is 0. The van der Waals surface area contributed by atoms with Gasteiger partial charge in [0.2, 0.25) is 5.88 Å². The number of hydrogen-bond donors (Lipinski definition) is 2. The molecule has 0 saturated carbocycles. The molecule has 2 aromatic rings. The van der Waals surface area contributed by atoms with E-state index in [1.165, 1.54) is 0 Å². The number of carbonyl (C=O) groups excluding carboxylic acids is 1. The number of anilines is 2. The molecule has 6 heteroatoms.